The van der Waals surface area contributed by atoms with Crippen molar-refractivity contribution in [2.75, 3.05) is 14.2 Å². The Kier molecular flexibility index (Phi) is 3.57. The van der Waals surface area contributed by atoms with Gasteiger partial charge in [0.1, 0.15) is 17.2 Å². The van der Waals surface area contributed by atoms with Gasteiger partial charge in [0.05, 0.1) is 25.4 Å². The van der Waals surface area contributed by atoms with Gasteiger partial charge in [0.15, 0.2) is 5.69 Å². The Balaban J connectivity index is 2.55. The summed E-state index contributed by atoms with van der Waals surface area (Å²) >= 11 is 5.98. The first-order valence-electron chi connectivity index (χ1n) is 5.14. The number of benzene rings is 1. The Bertz CT molecular complexity index is 626. The lowest BCUT2D eigenvalue weighted by molar-refractivity contribution is 0.0690. The molecule has 7 nitrogen and oxygen atoms in total. The lowest BCUT2D eigenvalue weighted by atomic mass is 10.2. The van der Waals surface area contributed by atoms with E-state index in [0.717, 1.165) is 0 Å². The number of carboxylic acid groups (broad SMARTS) is 1. The number of carboxylic acids is 1. The van der Waals surface area contributed by atoms with E-state index in [-0.39, 0.29) is 5.69 Å². The van der Waals surface area contributed by atoms with Crippen LogP contribution in [0.1, 0.15) is 10.5 Å². The van der Waals surface area contributed by atoms with Gasteiger partial charge in [0.25, 0.3) is 0 Å². The molecular formula is C11H10ClN3O4. The zero-order valence-corrected chi connectivity index (χ0v) is 10.9. The molecule has 0 amide bonds. The number of ether oxygens (including phenoxy) is 2. The molecule has 0 aliphatic heterocycles. The van der Waals surface area contributed by atoms with Gasteiger partial charge in [-0.1, -0.05) is 16.8 Å². The molecule has 0 radical (unpaired) electrons. The first-order chi connectivity index (χ1) is 9.06. The molecule has 100 valence electrons. The van der Waals surface area contributed by atoms with Gasteiger partial charge in [0.2, 0.25) is 0 Å². The van der Waals surface area contributed by atoms with E-state index in [4.69, 9.17) is 26.2 Å². The maximum Gasteiger partial charge on any atom is 0.358 e. The van der Waals surface area contributed by atoms with Gasteiger partial charge in [-0.05, 0) is 0 Å². The van der Waals surface area contributed by atoms with Crippen LogP contribution in [0.4, 0.5) is 0 Å². The van der Waals surface area contributed by atoms with Gasteiger partial charge in [-0.15, -0.1) is 5.10 Å². The first-order valence-corrected chi connectivity index (χ1v) is 5.52. The van der Waals surface area contributed by atoms with Crippen LogP contribution in [0, 0.1) is 0 Å². The van der Waals surface area contributed by atoms with Crippen molar-refractivity contribution in [3.8, 4) is 17.2 Å². The van der Waals surface area contributed by atoms with E-state index >= 15 is 0 Å². The minimum atomic E-state index is -1.16. The molecule has 0 spiro atoms. The summed E-state index contributed by atoms with van der Waals surface area (Å²) in [6.45, 7) is 0. The maximum atomic E-state index is 10.8. The third-order valence-electron chi connectivity index (χ3n) is 2.41. The number of nitrogens with zero attached hydrogens (tertiary/aromatic N) is 3. The largest absolute Gasteiger partial charge is 0.495 e. The predicted octanol–water partition coefficient (Wildman–Crippen LogP) is 1.64. The highest BCUT2D eigenvalue weighted by atomic mass is 35.5. The van der Waals surface area contributed by atoms with Gasteiger partial charge in [0, 0.05) is 12.1 Å². The molecule has 0 saturated heterocycles. The smallest absolute Gasteiger partial charge is 0.358 e. The van der Waals surface area contributed by atoms with Gasteiger partial charge in [-0.2, -0.15) is 0 Å². The molecule has 0 aliphatic carbocycles. The Hall–Kier alpha value is -2.28. The van der Waals surface area contributed by atoms with Crippen LogP contribution in [0.5, 0.6) is 11.5 Å². The number of hydrogen-bond acceptors (Lipinski definition) is 5. The number of halogens is 1. The highest BCUT2D eigenvalue weighted by Gasteiger charge is 2.15. The van der Waals surface area contributed by atoms with Gasteiger partial charge in [-0.25, -0.2) is 9.48 Å². The Morgan fingerprint density at radius 2 is 2.00 bits per heavy atom. The van der Waals surface area contributed by atoms with Crippen molar-refractivity contribution >= 4 is 17.6 Å². The lowest BCUT2D eigenvalue weighted by Gasteiger charge is -2.11. The van der Waals surface area contributed by atoms with Gasteiger partial charge < -0.3 is 14.6 Å². The SMILES string of the molecule is COc1cc(-n2cc(C(=O)O)nn2)c(OC)cc1Cl. The number of aromatic nitrogens is 3. The molecule has 19 heavy (non-hydrogen) atoms. The molecule has 2 rings (SSSR count). The molecule has 0 atom stereocenters. The second-order valence-electron chi connectivity index (χ2n) is 3.51. The summed E-state index contributed by atoms with van der Waals surface area (Å²) in [6, 6.07) is 3.14. The summed E-state index contributed by atoms with van der Waals surface area (Å²) < 4.78 is 11.5. The van der Waals surface area contributed by atoms with E-state index < -0.39 is 5.97 Å². The molecule has 8 heteroatoms. The molecule has 0 unspecified atom stereocenters. The van der Waals surface area contributed by atoms with Crippen molar-refractivity contribution in [3.63, 3.8) is 0 Å². The topological polar surface area (TPSA) is 86.5 Å². The second-order valence-corrected chi connectivity index (χ2v) is 3.92. The number of carbonyl (C=O) groups is 1. The van der Waals surface area contributed by atoms with E-state index in [2.05, 4.69) is 10.3 Å². The van der Waals surface area contributed by atoms with Gasteiger partial charge >= 0.3 is 5.97 Å². The maximum absolute atomic E-state index is 10.8. The van der Waals surface area contributed by atoms with Crippen molar-refractivity contribution in [2.45, 2.75) is 0 Å². The van der Waals surface area contributed by atoms with Crippen LogP contribution in [0.15, 0.2) is 18.3 Å². The van der Waals surface area contributed by atoms with Crippen LogP contribution in [0.2, 0.25) is 5.02 Å². The third-order valence-corrected chi connectivity index (χ3v) is 2.71. The normalized spacial score (nSPS) is 10.3. The molecular weight excluding hydrogens is 274 g/mol. The number of hydrogen-bond donors (Lipinski definition) is 1. The van der Waals surface area contributed by atoms with Crippen LogP contribution >= 0.6 is 11.6 Å². The van der Waals surface area contributed by atoms with E-state index in [9.17, 15) is 4.79 Å². The zero-order valence-electron chi connectivity index (χ0n) is 10.1. The average Bonchev–Trinajstić information content (AvgIpc) is 2.88. The summed E-state index contributed by atoms with van der Waals surface area (Å²) in [5.74, 6) is -0.316. The average molecular weight is 284 g/mol. The number of aromatic carboxylic acids is 1. The standard InChI is InChI=1S/C11H10ClN3O4/c1-18-9-4-8(10(19-2)3-6(9)12)15-5-7(11(16)17)13-14-15/h3-5H,1-2H3,(H,16,17). The zero-order chi connectivity index (χ0) is 14.0. The first kappa shape index (κ1) is 13.2. The second kappa shape index (κ2) is 5.15. The van der Waals surface area contributed by atoms with E-state index in [0.29, 0.717) is 22.2 Å². The molecule has 0 aliphatic rings. The molecule has 1 heterocycles. The molecule has 1 aromatic heterocycles. The summed E-state index contributed by atoms with van der Waals surface area (Å²) in [5, 5.41) is 16.5. The summed E-state index contributed by atoms with van der Waals surface area (Å²) in [6.07, 6.45) is 1.27. The van der Waals surface area contributed by atoms with Gasteiger partial charge in [-0.3, -0.25) is 0 Å². The van der Waals surface area contributed by atoms with Crippen molar-refractivity contribution in [1.82, 2.24) is 15.0 Å². The Morgan fingerprint density at radius 3 is 2.53 bits per heavy atom. The third kappa shape index (κ3) is 2.45. The molecule has 0 bridgehead atoms. The monoisotopic (exact) mass is 283 g/mol. The van der Waals surface area contributed by atoms with Crippen molar-refractivity contribution in [3.05, 3.63) is 29.0 Å². The van der Waals surface area contributed by atoms with Crippen LogP contribution in [-0.4, -0.2) is 40.3 Å². The number of methoxy groups -OCH3 is 2. The van der Waals surface area contributed by atoms with E-state index in [1.165, 1.54) is 25.1 Å². The summed E-state index contributed by atoms with van der Waals surface area (Å²) in [7, 11) is 2.94. The Labute approximate surface area is 113 Å². The van der Waals surface area contributed by atoms with Crippen LogP contribution in [-0.2, 0) is 0 Å². The minimum Gasteiger partial charge on any atom is -0.495 e. The highest BCUT2D eigenvalue weighted by molar-refractivity contribution is 6.32. The van der Waals surface area contributed by atoms with Crippen molar-refractivity contribution in [1.29, 1.82) is 0 Å². The molecule has 1 aromatic carbocycles. The summed E-state index contributed by atoms with van der Waals surface area (Å²) in [4.78, 5) is 10.8. The highest BCUT2D eigenvalue weighted by Crippen LogP contribution is 2.34. The van der Waals surface area contributed by atoms with Crippen LogP contribution < -0.4 is 9.47 Å². The van der Waals surface area contributed by atoms with Crippen molar-refractivity contribution in [2.24, 2.45) is 0 Å². The fourth-order valence-electron chi connectivity index (χ4n) is 1.50. The summed E-state index contributed by atoms with van der Waals surface area (Å²) in [5.41, 5.74) is 0.305. The van der Waals surface area contributed by atoms with Crippen LogP contribution in [0.25, 0.3) is 5.69 Å². The quantitative estimate of drug-likeness (QED) is 0.918. The molecule has 1 N–H and O–H groups in total. The molecule has 0 saturated carbocycles. The molecule has 2 aromatic rings. The lowest BCUT2D eigenvalue weighted by Crippen LogP contribution is -2.00. The number of rotatable bonds is 4. The van der Waals surface area contributed by atoms with Crippen molar-refractivity contribution < 1.29 is 19.4 Å². The van der Waals surface area contributed by atoms with E-state index in [1.807, 2.05) is 0 Å². The predicted molar refractivity (Wildman–Crippen MR) is 66.4 cm³/mol. The fraction of sp³-hybridized carbons (Fsp3) is 0.182. The fourth-order valence-corrected chi connectivity index (χ4v) is 1.73. The minimum absolute atomic E-state index is 0.170. The molecule has 0 fully saturated rings. The van der Waals surface area contributed by atoms with Crippen LogP contribution in [0.3, 0.4) is 0 Å². The Morgan fingerprint density at radius 1 is 1.32 bits per heavy atom. The van der Waals surface area contributed by atoms with E-state index in [1.54, 1.807) is 12.1 Å².